The van der Waals surface area contributed by atoms with Crippen molar-refractivity contribution in [1.82, 2.24) is 4.57 Å². The molecule has 2 aromatic carbocycles. The van der Waals surface area contributed by atoms with Gasteiger partial charge in [-0.1, -0.05) is 25.1 Å². The molecular formula is C24H26N2O3S. The molecule has 0 spiro atoms. The second-order valence-electron chi connectivity index (χ2n) is 7.94. The summed E-state index contributed by atoms with van der Waals surface area (Å²) in [6, 6.07) is 12.0. The molecule has 0 N–H and O–H groups in total. The quantitative estimate of drug-likeness (QED) is 0.531. The summed E-state index contributed by atoms with van der Waals surface area (Å²) >= 11 is 1.80. The molecule has 1 aliphatic carbocycles. The van der Waals surface area contributed by atoms with Crippen molar-refractivity contribution in [2.24, 2.45) is 13.0 Å². The van der Waals surface area contributed by atoms with Crippen molar-refractivity contribution in [2.75, 3.05) is 29.8 Å². The Morgan fingerprint density at radius 2 is 1.97 bits per heavy atom. The Morgan fingerprint density at radius 1 is 1.17 bits per heavy atom. The summed E-state index contributed by atoms with van der Waals surface area (Å²) in [5.74, 6) is 3.34. The molecular weight excluding hydrogens is 396 g/mol. The van der Waals surface area contributed by atoms with Gasteiger partial charge >= 0.3 is 0 Å². The van der Waals surface area contributed by atoms with Gasteiger partial charge in [0.15, 0.2) is 0 Å². The average molecular weight is 423 g/mol. The molecule has 30 heavy (non-hydrogen) atoms. The maximum atomic E-state index is 12.7. The number of benzene rings is 2. The Balaban J connectivity index is 1.71. The van der Waals surface area contributed by atoms with Crippen LogP contribution in [0.15, 0.2) is 47.4 Å². The predicted octanol–water partition coefficient (Wildman–Crippen LogP) is 4.86. The highest BCUT2D eigenvalue weighted by Gasteiger charge is 2.26. The van der Waals surface area contributed by atoms with E-state index in [1.54, 1.807) is 16.5 Å². The third kappa shape index (κ3) is 3.54. The number of aryl methyl sites for hydroxylation is 1. The number of hydrogen-bond donors (Lipinski definition) is 0. The van der Waals surface area contributed by atoms with Gasteiger partial charge in [-0.15, -0.1) is 0 Å². The minimum absolute atomic E-state index is 0.0132. The maximum absolute atomic E-state index is 12.7. The topological polar surface area (TPSA) is 43.7 Å². The summed E-state index contributed by atoms with van der Waals surface area (Å²) in [7, 11) is 1.81. The molecule has 2 heterocycles. The maximum Gasteiger partial charge on any atom is 0.258 e. The van der Waals surface area contributed by atoms with E-state index in [1.165, 1.54) is 12.8 Å². The monoisotopic (exact) mass is 422 g/mol. The van der Waals surface area contributed by atoms with Gasteiger partial charge < -0.3 is 18.3 Å². The first-order valence-corrected chi connectivity index (χ1v) is 11.5. The van der Waals surface area contributed by atoms with Crippen LogP contribution in [0.4, 0.5) is 5.69 Å². The van der Waals surface area contributed by atoms with Gasteiger partial charge in [-0.05, 0) is 48.2 Å². The Kier molecular flexibility index (Phi) is 5.11. The van der Waals surface area contributed by atoms with Crippen molar-refractivity contribution in [3.8, 4) is 22.6 Å². The Labute approximate surface area is 180 Å². The predicted molar refractivity (Wildman–Crippen MR) is 124 cm³/mol. The summed E-state index contributed by atoms with van der Waals surface area (Å²) in [6.07, 6.45) is 4.40. The van der Waals surface area contributed by atoms with E-state index in [2.05, 4.69) is 17.3 Å². The molecule has 0 bridgehead atoms. The van der Waals surface area contributed by atoms with Gasteiger partial charge in [-0.2, -0.15) is 0 Å². The molecule has 1 saturated carbocycles. The fourth-order valence-corrected chi connectivity index (χ4v) is 4.76. The standard InChI is InChI=1S/C24H26N2O3S/c1-3-30-26-10-11-28-23-13-22(29-15-16-8-9-16)19(12-21(23)26)20-14-25(2)24(27)18-7-5-4-6-17(18)20/h4-7,12-14,16H,3,8-11,15H2,1-2H3. The van der Waals surface area contributed by atoms with Crippen LogP contribution in [-0.4, -0.2) is 30.1 Å². The summed E-state index contributed by atoms with van der Waals surface area (Å²) in [6.45, 7) is 4.41. The van der Waals surface area contributed by atoms with E-state index < -0.39 is 0 Å². The lowest BCUT2D eigenvalue weighted by Crippen LogP contribution is -2.27. The van der Waals surface area contributed by atoms with E-state index in [1.807, 2.05) is 43.6 Å². The van der Waals surface area contributed by atoms with Gasteiger partial charge in [0.25, 0.3) is 5.56 Å². The summed E-state index contributed by atoms with van der Waals surface area (Å²) in [5, 5.41) is 1.67. The van der Waals surface area contributed by atoms with Crippen molar-refractivity contribution in [2.45, 2.75) is 19.8 Å². The zero-order chi connectivity index (χ0) is 20.7. The van der Waals surface area contributed by atoms with E-state index in [0.29, 0.717) is 12.5 Å². The Bertz CT molecular complexity index is 1150. The highest BCUT2D eigenvalue weighted by Crippen LogP contribution is 2.45. The molecule has 5 nitrogen and oxygen atoms in total. The van der Waals surface area contributed by atoms with Crippen LogP contribution in [0.3, 0.4) is 0 Å². The molecule has 1 fully saturated rings. The number of pyridine rings is 1. The third-order valence-electron chi connectivity index (χ3n) is 5.72. The third-order valence-corrected chi connectivity index (χ3v) is 6.67. The minimum Gasteiger partial charge on any atom is -0.493 e. The first-order chi connectivity index (χ1) is 14.7. The summed E-state index contributed by atoms with van der Waals surface area (Å²) < 4.78 is 16.3. The number of anilines is 1. The van der Waals surface area contributed by atoms with Crippen LogP contribution in [0.5, 0.6) is 11.5 Å². The van der Waals surface area contributed by atoms with E-state index in [9.17, 15) is 4.79 Å². The van der Waals surface area contributed by atoms with Crippen LogP contribution < -0.4 is 19.3 Å². The number of fused-ring (bicyclic) bond motifs is 2. The van der Waals surface area contributed by atoms with Crippen LogP contribution in [0.1, 0.15) is 19.8 Å². The van der Waals surface area contributed by atoms with Crippen molar-refractivity contribution in [3.63, 3.8) is 0 Å². The van der Waals surface area contributed by atoms with Gasteiger partial charge in [-0.3, -0.25) is 4.79 Å². The highest BCUT2D eigenvalue weighted by molar-refractivity contribution is 8.00. The van der Waals surface area contributed by atoms with Crippen molar-refractivity contribution >= 4 is 28.4 Å². The molecule has 0 radical (unpaired) electrons. The summed E-state index contributed by atoms with van der Waals surface area (Å²) in [5.41, 5.74) is 3.10. The molecule has 1 aliphatic heterocycles. The lowest BCUT2D eigenvalue weighted by Gasteiger charge is -2.31. The first-order valence-electron chi connectivity index (χ1n) is 10.6. The average Bonchev–Trinajstić information content (AvgIpc) is 3.59. The highest BCUT2D eigenvalue weighted by atomic mass is 32.2. The Morgan fingerprint density at radius 3 is 2.73 bits per heavy atom. The fraction of sp³-hybridized carbons (Fsp3) is 0.375. The molecule has 3 aromatic rings. The molecule has 0 unspecified atom stereocenters. The first kappa shape index (κ1) is 19.4. The molecule has 2 aliphatic rings. The molecule has 156 valence electrons. The van der Waals surface area contributed by atoms with Crippen LogP contribution in [0.25, 0.3) is 21.9 Å². The number of ether oxygens (including phenoxy) is 2. The van der Waals surface area contributed by atoms with Crippen LogP contribution in [0, 0.1) is 5.92 Å². The Hall–Kier alpha value is -2.60. The fourth-order valence-electron chi connectivity index (χ4n) is 3.96. The van der Waals surface area contributed by atoms with E-state index >= 15 is 0 Å². The van der Waals surface area contributed by atoms with Crippen LogP contribution in [0.2, 0.25) is 0 Å². The van der Waals surface area contributed by atoms with Crippen LogP contribution in [-0.2, 0) is 7.05 Å². The molecule has 6 heteroatoms. The molecule has 1 aromatic heterocycles. The van der Waals surface area contributed by atoms with Crippen molar-refractivity contribution < 1.29 is 9.47 Å². The SMILES string of the molecule is CCSN1CCOc2cc(OCC3CC3)c(-c3cn(C)c(=O)c4ccccc34)cc21. The largest absolute Gasteiger partial charge is 0.493 e. The van der Waals surface area contributed by atoms with Gasteiger partial charge in [-0.25, -0.2) is 0 Å². The van der Waals surface area contributed by atoms with Gasteiger partial charge in [0.1, 0.15) is 18.1 Å². The second-order valence-corrected chi connectivity index (χ2v) is 9.22. The van der Waals surface area contributed by atoms with Gasteiger partial charge in [0.2, 0.25) is 0 Å². The zero-order valence-electron chi connectivity index (χ0n) is 17.4. The molecule has 5 rings (SSSR count). The lowest BCUT2D eigenvalue weighted by atomic mass is 9.98. The zero-order valence-corrected chi connectivity index (χ0v) is 18.2. The summed E-state index contributed by atoms with van der Waals surface area (Å²) in [4.78, 5) is 12.7. The number of rotatable bonds is 6. The van der Waals surface area contributed by atoms with E-state index in [4.69, 9.17) is 9.47 Å². The van der Waals surface area contributed by atoms with Gasteiger partial charge in [0, 0.05) is 41.6 Å². The number of hydrogen-bond acceptors (Lipinski definition) is 5. The number of aromatic nitrogens is 1. The second kappa shape index (κ2) is 7.91. The molecule has 0 atom stereocenters. The number of nitrogens with zero attached hydrogens (tertiary/aromatic N) is 2. The van der Waals surface area contributed by atoms with E-state index in [-0.39, 0.29) is 5.56 Å². The molecule has 0 amide bonds. The van der Waals surface area contributed by atoms with E-state index in [0.717, 1.165) is 58.0 Å². The minimum atomic E-state index is 0.0132. The molecule has 0 saturated heterocycles. The van der Waals surface area contributed by atoms with Gasteiger partial charge in [0.05, 0.1) is 18.8 Å². The van der Waals surface area contributed by atoms with Crippen molar-refractivity contribution in [3.05, 3.63) is 52.9 Å². The van der Waals surface area contributed by atoms with Crippen molar-refractivity contribution in [1.29, 1.82) is 0 Å². The smallest absolute Gasteiger partial charge is 0.258 e. The lowest BCUT2D eigenvalue weighted by molar-refractivity contribution is 0.291. The normalized spacial score (nSPS) is 15.7. The van der Waals surface area contributed by atoms with Crippen LogP contribution >= 0.6 is 11.9 Å².